The van der Waals surface area contributed by atoms with E-state index in [1.54, 1.807) is 49.3 Å². The number of dihydropyridines is 1. The first-order chi connectivity index (χ1) is 17.9. The molecule has 2 aliphatic rings. The average molecular weight is 500 g/mol. The Morgan fingerprint density at radius 3 is 2.70 bits per heavy atom. The van der Waals surface area contributed by atoms with Crippen molar-refractivity contribution in [2.75, 3.05) is 7.11 Å². The number of esters is 1. The van der Waals surface area contributed by atoms with E-state index in [2.05, 4.69) is 10.4 Å². The monoisotopic (exact) mass is 499 g/mol. The number of hydrogen-bond donors (Lipinski definition) is 2. The van der Waals surface area contributed by atoms with Gasteiger partial charge in [-0.15, -0.1) is 0 Å². The number of phenols is 1. The van der Waals surface area contributed by atoms with E-state index in [9.17, 15) is 14.7 Å². The van der Waals surface area contributed by atoms with E-state index in [1.807, 2.05) is 37.3 Å². The van der Waals surface area contributed by atoms with Crippen LogP contribution in [0.4, 0.5) is 0 Å². The van der Waals surface area contributed by atoms with Crippen molar-refractivity contribution >= 4 is 11.8 Å². The highest BCUT2D eigenvalue weighted by Crippen LogP contribution is 2.47. The molecule has 2 heterocycles. The zero-order valence-electron chi connectivity index (χ0n) is 21.0. The van der Waals surface area contributed by atoms with Crippen molar-refractivity contribution in [2.24, 2.45) is 7.05 Å². The molecule has 0 saturated carbocycles. The van der Waals surface area contributed by atoms with Gasteiger partial charge in [0.15, 0.2) is 5.78 Å². The molecule has 0 saturated heterocycles. The lowest BCUT2D eigenvalue weighted by Gasteiger charge is -2.37. The summed E-state index contributed by atoms with van der Waals surface area (Å²) in [6.45, 7) is 1.83. The van der Waals surface area contributed by atoms with E-state index in [0.717, 1.165) is 17.0 Å². The zero-order chi connectivity index (χ0) is 26.1. The standard InChI is InChI=1S/C29H29N3O5/c1-17-26(29(35)37-16-20-11-12-32(2)31-20)27(18-7-6-8-21(33)13-18)28-23(30-17)14-19(15-24(28)34)22-9-4-5-10-25(22)36-3/h4-13,19,27,30,33H,14-16H2,1-3H3/t19-,27-/m1/s1. The number of phenolic OH excluding ortho intramolecular Hbond substituents is 1. The molecule has 0 bridgehead atoms. The first-order valence-electron chi connectivity index (χ1n) is 12.2. The fraction of sp³-hybridized carbons (Fsp3) is 0.276. The molecule has 8 heteroatoms. The Balaban J connectivity index is 1.52. The summed E-state index contributed by atoms with van der Waals surface area (Å²) in [6.07, 6.45) is 2.65. The van der Waals surface area contributed by atoms with Crippen LogP contribution in [0.2, 0.25) is 0 Å². The van der Waals surface area contributed by atoms with Crippen molar-refractivity contribution in [3.05, 3.63) is 100 Å². The highest BCUT2D eigenvalue weighted by Gasteiger charge is 2.42. The molecule has 1 aliphatic carbocycles. The summed E-state index contributed by atoms with van der Waals surface area (Å²) in [7, 11) is 3.42. The maximum Gasteiger partial charge on any atom is 0.337 e. The molecule has 190 valence electrons. The molecule has 1 aliphatic heterocycles. The number of benzene rings is 2. The van der Waals surface area contributed by atoms with Gasteiger partial charge in [0.2, 0.25) is 0 Å². The second-order valence-electron chi connectivity index (χ2n) is 9.41. The molecule has 0 amide bonds. The zero-order valence-corrected chi connectivity index (χ0v) is 21.0. The number of Topliss-reactive ketones (excluding diaryl/α,β-unsaturated/α-hetero) is 1. The molecule has 2 atom stereocenters. The Hall–Kier alpha value is -4.33. The molecule has 0 radical (unpaired) electrons. The molecule has 2 N–H and O–H groups in total. The number of hydrogen-bond acceptors (Lipinski definition) is 7. The van der Waals surface area contributed by atoms with Crippen LogP contribution >= 0.6 is 0 Å². The fourth-order valence-electron chi connectivity index (χ4n) is 5.33. The van der Waals surface area contributed by atoms with Gasteiger partial charge in [-0.1, -0.05) is 30.3 Å². The van der Waals surface area contributed by atoms with Crippen molar-refractivity contribution in [3.63, 3.8) is 0 Å². The highest BCUT2D eigenvalue weighted by molar-refractivity contribution is 6.04. The number of nitrogens with one attached hydrogen (secondary N) is 1. The molecular weight excluding hydrogens is 470 g/mol. The minimum atomic E-state index is -0.661. The van der Waals surface area contributed by atoms with E-state index in [0.29, 0.717) is 34.5 Å². The van der Waals surface area contributed by atoms with Gasteiger partial charge in [0.1, 0.15) is 18.1 Å². The summed E-state index contributed by atoms with van der Waals surface area (Å²) < 4.78 is 12.8. The third-order valence-corrected chi connectivity index (χ3v) is 6.95. The van der Waals surface area contributed by atoms with E-state index >= 15 is 0 Å². The molecule has 0 unspecified atom stereocenters. The van der Waals surface area contributed by atoms with Crippen molar-refractivity contribution < 1.29 is 24.2 Å². The van der Waals surface area contributed by atoms with Crippen LogP contribution in [-0.4, -0.2) is 33.7 Å². The number of aromatic nitrogens is 2. The molecule has 0 spiro atoms. The van der Waals surface area contributed by atoms with E-state index in [1.165, 1.54) is 0 Å². The molecule has 3 aromatic rings. The summed E-state index contributed by atoms with van der Waals surface area (Å²) in [5.74, 6) is -0.505. The maximum atomic E-state index is 13.7. The first-order valence-corrected chi connectivity index (χ1v) is 12.2. The van der Waals surface area contributed by atoms with Gasteiger partial charge in [0.05, 0.1) is 18.4 Å². The Labute approximate surface area is 215 Å². The van der Waals surface area contributed by atoms with Gasteiger partial charge in [-0.05, 0) is 48.7 Å². The minimum absolute atomic E-state index is 0.0128. The Morgan fingerprint density at radius 2 is 1.97 bits per heavy atom. The predicted molar refractivity (Wildman–Crippen MR) is 137 cm³/mol. The maximum absolute atomic E-state index is 13.7. The topological polar surface area (TPSA) is 103 Å². The molecule has 1 aromatic heterocycles. The Morgan fingerprint density at radius 1 is 1.16 bits per heavy atom. The van der Waals surface area contributed by atoms with Gasteiger partial charge in [-0.3, -0.25) is 9.48 Å². The van der Waals surface area contributed by atoms with Crippen molar-refractivity contribution in [1.29, 1.82) is 0 Å². The molecule has 37 heavy (non-hydrogen) atoms. The lowest BCUT2D eigenvalue weighted by molar-refractivity contribution is -0.140. The minimum Gasteiger partial charge on any atom is -0.508 e. The van der Waals surface area contributed by atoms with Crippen LogP contribution in [-0.2, 0) is 28.0 Å². The molecular formula is C29H29N3O5. The van der Waals surface area contributed by atoms with Crippen LogP contribution in [0.3, 0.4) is 0 Å². The first kappa shape index (κ1) is 24.4. The van der Waals surface area contributed by atoms with Crippen molar-refractivity contribution in [1.82, 2.24) is 15.1 Å². The quantitative estimate of drug-likeness (QED) is 0.489. The van der Waals surface area contributed by atoms with E-state index in [-0.39, 0.29) is 30.5 Å². The number of aryl methyl sites for hydroxylation is 1. The second kappa shape index (κ2) is 9.97. The van der Waals surface area contributed by atoms with Gasteiger partial charge in [0, 0.05) is 48.5 Å². The van der Waals surface area contributed by atoms with Crippen LogP contribution < -0.4 is 10.1 Å². The van der Waals surface area contributed by atoms with Crippen LogP contribution in [0, 0.1) is 0 Å². The van der Waals surface area contributed by atoms with Crippen LogP contribution in [0.15, 0.2) is 83.3 Å². The second-order valence-corrected chi connectivity index (χ2v) is 9.41. The predicted octanol–water partition coefficient (Wildman–Crippen LogP) is 4.24. The number of ketones is 1. The largest absolute Gasteiger partial charge is 0.508 e. The number of aromatic hydroxyl groups is 1. The number of ether oxygens (including phenoxy) is 2. The number of carbonyl (C=O) groups excluding carboxylic acids is 2. The Bertz CT molecular complexity index is 1430. The lowest BCUT2D eigenvalue weighted by atomic mass is 9.71. The van der Waals surface area contributed by atoms with Gasteiger partial charge in [0.25, 0.3) is 0 Å². The smallest absolute Gasteiger partial charge is 0.337 e. The van der Waals surface area contributed by atoms with Crippen molar-refractivity contribution in [2.45, 2.75) is 38.2 Å². The average Bonchev–Trinajstić information content (AvgIpc) is 3.31. The summed E-state index contributed by atoms with van der Waals surface area (Å²) in [4.78, 5) is 27.2. The summed E-state index contributed by atoms with van der Waals surface area (Å²) in [6, 6.07) is 16.2. The number of rotatable bonds is 6. The van der Waals surface area contributed by atoms with Gasteiger partial charge >= 0.3 is 5.97 Å². The third-order valence-electron chi connectivity index (χ3n) is 6.95. The molecule has 5 rings (SSSR count). The van der Waals surface area contributed by atoms with Crippen LogP contribution in [0.5, 0.6) is 11.5 Å². The number of allylic oxidation sites excluding steroid dienone is 3. The van der Waals surface area contributed by atoms with Crippen LogP contribution in [0.1, 0.15) is 48.4 Å². The highest BCUT2D eigenvalue weighted by atomic mass is 16.5. The molecule has 8 nitrogen and oxygen atoms in total. The number of methoxy groups -OCH3 is 1. The SMILES string of the molecule is COc1ccccc1[C@H]1CC(=O)C2=C(C1)NC(C)=C(C(=O)OCc1ccn(C)n1)[C@H]2c1cccc(O)c1. The number of carbonyl (C=O) groups is 2. The van der Waals surface area contributed by atoms with Gasteiger partial charge in [-0.25, -0.2) is 4.79 Å². The number of para-hydroxylation sites is 1. The number of nitrogens with zero attached hydrogens (tertiary/aromatic N) is 2. The van der Waals surface area contributed by atoms with E-state index in [4.69, 9.17) is 9.47 Å². The van der Waals surface area contributed by atoms with E-state index < -0.39 is 11.9 Å². The summed E-state index contributed by atoms with van der Waals surface area (Å²) in [5.41, 5.74) is 4.53. The van der Waals surface area contributed by atoms with Crippen LogP contribution in [0.25, 0.3) is 0 Å². The molecule has 0 fully saturated rings. The fourth-order valence-corrected chi connectivity index (χ4v) is 5.33. The van der Waals surface area contributed by atoms with Crippen molar-refractivity contribution in [3.8, 4) is 11.5 Å². The summed E-state index contributed by atoms with van der Waals surface area (Å²) in [5, 5.41) is 17.8. The Kier molecular flexibility index (Phi) is 6.56. The van der Waals surface area contributed by atoms with Gasteiger partial charge in [-0.2, -0.15) is 5.10 Å². The lowest BCUT2D eigenvalue weighted by Crippen LogP contribution is -2.36. The molecule has 2 aromatic carbocycles. The summed E-state index contributed by atoms with van der Waals surface area (Å²) >= 11 is 0. The normalized spacial score (nSPS) is 19.4. The van der Waals surface area contributed by atoms with Gasteiger partial charge < -0.3 is 19.9 Å². The third kappa shape index (κ3) is 4.74.